The van der Waals surface area contributed by atoms with E-state index in [0.717, 1.165) is 6.92 Å². The first kappa shape index (κ1) is 27.4. The first-order valence-electron chi connectivity index (χ1n) is 9.36. The number of phosphoric ester groups is 1. The predicted molar refractivity (Wildman–Crippen MR) is 97.0 cm³/mol. The molecule has 0 saturated carbocycles. The molecule has 1 unspecified atom stereocenters. The number of nitrogens with one attached hydrogen (secondary N) is 1. The molecule has 1 amide bonds. The molecule has 8 N–H and O–H groups in total. The van der Waals surface area contributed by atoms with Crippen molar-refractivity contribution in [1.29, 1.82) is 0 Å². The van der Waals surface area contributed by atoms with Gasteiger partial charge in [-0.25, -0.2) is 9.45 Å². The largest absolute Gasteiger partial charge is 0.501 e. The summed E-state index contributed by atoms with van der Waals surface area (Å²) in [6.07, 6.45) is -14.5. The fourth-order valence-electron chi connectivity index (χ4n) is 3.18. The summed E-state index contributed by atoms with van der Waals surface area (Å²) in [6, 6.07) is -1.55. The van der Waals surface area contributed by atoms with Crippen LogP contribution in [0.1, 0.15) is 6.92 Å². The Balaban J connectivity index is 2.09. The normalized spacial score (nSPS) is 42.3. The number of carbonyl (C=O) groups is 1. The Morgan fingerprint density at radius 3 is 2.09 bits per heavy atom. The van der Waals surface area contributed by atoms with Crippen LogP contribution in [0.15, 0.2) is 0 Å². The van der Waals surface area contributed by atoms with Crippen molar-refractivity contribution in [2.75, 3.05) is 20.3 Å². The summed E-state index contributed by atoms with van der Waals surface area (Å²) in [5.74, 6) is -0.708. The van der Waals surface area contributed by atoms with Crippen molar-refractivity contribution in [3.8, 4) is 0 Å². The minimum atomic E-state index is -5.23. The molecule has 17 heteroatoms. The number of methoxy groups -OCH3 is 1. The second kappa shape index (κ2) is 11.5. The number of amides is 1. The lowest BCUT2D eigenvalue weighted by Crippen LogP contribution is -2.64. The highest BCUT2D eigenvalue weighted by Crippen LogP contribution is 2.47. The number of aliphatic hydroxyl groups excluding tert-OH is 6. The molecule has 2 heterocycles. The number of rotatable bonds is 9. The molecule has 11 atom stereocenters. The molecule has 2 fully saturated rings. The van der Waals surface area contributed by atoms with Gasteiger partial charge in [0.2, 0.25) is 5.91 Å². The number of aliphatic hydroxyl groups is 6. The van der Waals surface area contributed by atoms with Crippen molar-refractivity contribution in [2.24, 2.45) is 0 Å². The van der Waals surface area contributed by atoms with Crippen LogP contribution in [0.3, 0.4) is 0 Å². The van der Waals surface area contributed by atoms with Crippen LogP contribution in [0.25, 0.3) is 0 Å². The van der Waals surface area contributed by atoms with Gasteiger partial charge in [-0.1, -0.05) is 0 Å². The molecule has 32 heavy (non-hydrogen) atoms. The lowest BCUT2D eigenvalue weighted by atomic mass is 9.97. The van der Waals surface area contributed by atoms with Gasteiger partial charge in [0, 0.05) is 14.0 Å². The third-order valence-electron chi connectivity index (χ3n) is 4.79. The van der Waals surface area contributed by atoms with Crippen LogP contribution >= 0.6 is 7.82 Å². The Kier molecular flexibility index (Phi) is 9.89. The average molecular weight is 493 g/mol. The van der Waals surface area contributed by atoms with Crippen LogP contribution in [-0.2, 0) is 37.7 Å². The molecule has 188 valence electrons. The summed E-state index contributed by atoms with van der Waals surface area (Å²) in [5.41, 5.74) is 0. The van der Waals surface area contributed by atoms with Gasteiger partial charge in [0.1, 0.15) is 42.7 Å². The Hall–Kier alpha value is -0.820. The number of ether oxygens (including phenoxy) is 3. The van der Waals surface area contributed by atoms with Crippen LogP contribution in [0, 0.1) is 0 Å². The fourth-order valence-corrected chi connectivity index (χ4v) is 3.87. The Labute approximate surface area is 181 Å². The van der Waals surface area contributed by atoms with Crippen molar-refractivity contribution in [2.45, 2.75) is 68.3 Å². The third-order valence-corrected chi connectivity index (χ3v) is 5.54. The number of hydrogen-bond acceptors (Lipinski definition) is 14. The molecule has 0 radical (unpaired) electrons. The van der Waals surface area contributed by atoms with Gasteiger partial charge in [-0.05, 0) is 0 Å². The zero-order valence-electron chi connectivity index (χ0n) is 17.0. The van der Waals surface area contributed by atoms with E-state index >= 15 is 0 Å². The minimum Gasteiger partial charge on any atom is -0.394 e. The van der Waals surface area contributed by atoms with E-state index in [4.69, 9.17) is 23.6 Å². The van der Waals surface area contributed by atoms with E-state index in [1.54, 1.807) is 0 Å². The Morgan fingerprint density at radius 2 is 1.56 bits per heavy atom. The van der Waals surface area contributed by atoms with Gasteiger partial charge in [-0.3, -0.25) is 9.32 Å². The van der Waals surface area contributed by atoms with E-state index in [2.05, 4.69) is 9.99 Å². The zero-order chi connectivity index (χ0) is 24.2. The highest BCUT2D eigenvalue weighted by atomic mass is 31.2. The maximum absolute atomic E-state index is 12.4. The number of phosphoric acid groups is 1. The Bertz CT molecular complexity index is 667. The zero-order valence-corrected chi connectivity index (χ0v) is 17.9. The van der Waals surface area contributed by atoms with Gasteiger partial charge < -0.3 is 55.1 Å². The van der Waals surface area contributed by atoms with E-state index in [0.29, 0.717) is 0 Å². The molecular formula is C15H28NO15P. The molecule has 2 rings (SSSR count). The van der Waals surface area contributed by atoms with Gasteiger partial charge in [0.25, 0.3) is 0 Å². The van der Waals surface area contributed by atoms with Gasteiger partial charge >= 0.3 is 7.82 Å². The predicted octanol–water partition coefficient (Wildman–Crippen LogP) is -4.55. The topological polar surface area (TPSA) is 243 Å². The molecule has 0 bridgehead atoms. The maximum Gasteiger partial charge on any atom is 0.501 e. The van der Waals surface area contributed by atoms with Crippen LogP contribution in [-0.4, -0.2) is 123 Å². The molecular weight excluding hydrogens is 465 g/mol. The molecule has 2 saturated heterocycles. The fraction of sp³-hybridized carbons (Fsp3) is 0.933. The van der Waals surface area contributed by atoms with E-state index in [-0.39, 0.29) is 0 Å². The van der Waals surface area contributed by atoms with Crippen molar-refractivity contribution < 1.29 is 73.2 Å². The van der Waals surface area contributed by atoms with Crippen molar-refractivity contribution in [3.63, 3.8) is 0 Å². The molecule has 0 aromatic carbocycles. The number of hydrogen-bond donors (Lipinski definition) is 8. The molecule has 0 aromatic heterocycles. The summed E-state index contributed by atoms with van der Waals surface area (Å²) in [6.45, 7) is -0.502. The Morgan fingerprint density at radius 1 is 0.969 bits per heavy atom. The summed E-state index contributed by atoms with van der Waals surface area (Å²) in [4.78, 5) is 26.1. The van der Waals surface area contributed by atoms with Crippen LogP contribution in [0.5, 0.6) is 0 Å². The maximum atomic E-state index is 12.4. The average Bonchev–Trinajstić information content (AvgIpc) is 2.73. The smallest absolute Gasteiger partial charge is 0.394 e. The van der Waals surface area contributed by atoms with Crippen molar-refractivity contribution in [3.05, 3.63) is 0 Å². The van der Waals surface area contributed by atoms with Gasteiger partial charge in [0.05, 0.1) is 13.2 Å². The summed E-state index contributed by atoms with van der Waals surface area (Å²) >= 11 is 0. The number of carbonyl (C=O) groups excluding carboxylic acids is 1. The summed E-state index contributed by atoms with van der Waals surface area (Å²) in [5, 5.41) is 61.0. The second-order valence-electron chi connectivity index (χ2n) is 7.08. The second-order valence-corrected chi connectivity index (χ2v) is 8.38. The molecule has 16 nitrogen and oxygen atoms in total. The minimum absolute atomic E-state index is 0.708. The van der Waals surface area contributed by atoms with E-state index in [1.807, 2.05) is 0 Å². The highest BCUT2D eigenvalue weighted by Gasteiger charge is 2.50. The molecule has 2 aliphatic rings. The molecule has 0 aromatic rings. The van der Waals surface area contributed by atoms with E-state index in [1.165, 1.54) is 7.11 Å². The summed E-state index contributed by atoms with van der Waals surface area (Å²) in [7, 11) is -4.06. The van der Waals surface area contributed by atoms with E-state index < -0.39 is 88.3 Å². The molecule has 0 spiro atoms. The van der Waals surface area contributed by atoms with Crippen molar-refractivity contribution >= 4 is 13.7 Å². The standard InChI is InChI=1S/C15H28NO15P/c1-5(19)16-8-10(21)9(20)6(3-17)27-14(8)30-32(24,25)31-29-13-7(4-18)28-15(26-2)12(23)11(13)22/h6-15,17-18,20-23H,3-4H2,1-2H3,(H,16,19)(H,24,25)/t6-,7-,8-,9-,10-,11-,12+,13-,14-,15+/m1/s1. The monoisotopic (exact) mass is 493 g/mol. The lowest BCUT2D eigenvalue weighted by molar-refractivity contribution is -0.365. The van der Waals surface area contributed by atoms with Gasteiger partial charge in [-0.15, -0.1) is 4.67 Å². The van der Waals surface area contributed by atoms with Crippen molar-refractivity contribution in [1.82, 2.24) is 5.32 Å². The molecule has 0 aliphatic carbocycles. The SMILES string of the molecule is CO[C@H]1O[C@H](CO)[C@@H](OOP(=O)(O)O[C@H]2O[C@H](CO)[C@@H](O)[C@H](O)[C@H]2NC(C)=O)[C@H](O)[C@@H]1O. The third kappa shape index (κ3) is 6.40. The van der Waals surface area contributed by atoms with Gasteiger partial charge in [-0.2, -0.15) is 0 Å². The highest BCUT2D eigenvalue weighted by molar-refractivity contribution is 7.47. The molecule has 2 aliphatic heterocycles. The van der Waals surface area contributed by atoms with Crippen LogP contribution in [0.2, 0.25) is 0 Å². The van der Waals surface area contributed by atoms with Gasteiger partial charge in [0.15, 0.2) is 18.7 Å². The van der Waals surface area contributed by atoms with E-state index in [9.17, 15) is 44.9 Å². The first-order chi connectivity index (χ1) is 14.9. The summed E-state index contributed by atoms with van der Waals surface area (Å²) < 4.78 is 36.6. The van der Waals surface area contributed by atoms with Crippen LogP contribution < -0.4 is 5.32 Å². The first-order valence-corrected chi connectivity index (χ1v) is 10.9. The lowest BCUT2D eigenvalue weighted by Gasteiger charge is -2.42. The van der Waals surface area contributed by atoms with Crippen LogP contribution in [0.4, 0.5) is 0 Å². The quantitative estimate of drug-likeness (QED) is 0.0856.